The highest BCUT2D eigenvalue weighted by molar-refractivity contribution is 8.01. The first-order chi connectivity index (χ1) is 12.9. The van der Waals surface area contributed by atoms with Crippen LogP contribution in [0, 0.1) is 0 Å². The molecule has 0 saturated carbocycles. The van der Waals surface area contributed by atoms with E-state index in [2.05, 4.69) is 46.7 Å². The number of carbonyl (C=O) groups is 1. The fourth-order valence-electron chi connectivity index (χ4n) is 2.37. The molecular weight excluding hydrogens is 376 g/mol. The normalized spacial score (nSPS) is 11.2. The van der Waals surface area contributed by atoms with Crippen LogP contribution in [0.4, 0.5) is 4.79 Å². The van der Waals surface area contributed by atoms with Crippen molar-refractivity contribution in [2.45, 2.75) is 42.0 Å². The van der Waals surface area contributed by atoms with E-state index in [-0.39, 0.29) is 0 Å². The van der Waals surface area contributed by atoms with Gasteiger partial charge in [-0.25, -0.2) is 9.78 Å². The van der Waals surface area contributed by atoms with Crippen LogP contribution >= 0.6 is 23.1 Å². The number of carbonyl (C=O) groups excluding carboxylic acids is 1. The summed E-state index contributed by atoms with van der Waals surface area (Å²) in [6.07, 6.45) is 1.42. The van der Waals surface area contributed by atoms with E-state index in [9.17, 15) is 4.79 Å². The number of thiazole rings is 1. The molecule has 0 saturated heterocycles. The summed E-state index contributed by atoms with van der Waals surface area (Å²) in [6.45, 7) is 5.89. The molecule has 6 heteroatoms. The molecule has 3 aromatic rings. The molecule has 0 fully saturated rings. The first kappa shape index (κ1) is 19.5. The van der Waals surface area contributed by atoms with Gasteiger partial charge < -0.3 is 10.1 Å². The number of aromatic nitrogens is 1. The topological polar surface area (TPSA) is 51.2 Å². The molecule has 0 atom stereocenters. The number of nitrogens with zero attached hydrogens (tertiary/aromatic N) is 1. The Morgan fingerprint density at radius 3 is 2.59 bits per heavy atom. The number of amides is 1. The van der Waals surface area contributed by atoms with Crippen molar-refractivity contribution in [1.82, 2.24) is 10.3 Å². The van der Waals surface area contributed by atoms with Crippen LogP contribution in [0.3, 0.4) is 0 Å². The molecule has 0 bridgehead atoms. The van der Waals surface area contributed by atoms with Crippen LogP contribution in [0.25, 0.3) is 11.1 Å². The van der Waals surface area contributed by atoms with Gasteiger partial charge in [0.05, 0.1) is 17.0 Å². The van der Waals surface area contributed by atoms with Gasteiger partial charge >= 0.3 is 6.09 Å². The van der Waals surface area contributed by atoms with E-state index in [0.29, 0.717) is 6.54 Å². The zero-order valence-electron chi connectivity index (χ0n) is 15.6. The maximum atomic E-state index is 11.7. The Kier molecular flexibility index (Phi) is 6.19. The third-order valence-corrected chi connectivity index (χ3v) is 5.56. The van der Waals surface area contributed by atoms with Crippen molar-refractivity contribution in [2.75, 3.05) is 0 Å². The van der Waals surface area contributed by atoms with Crippen molar-refractivity contribution in [3.05, 3.63) is 65.8 Å². The minimum Gasteiger partial charge on any atom is -0.444 e. The molecule has 0 aliphatic carbocycles. The number of alkyl carbamates (subject to hydrolysis) is 1. The molecule has 0 aliphatic heterocycles. The largest absolute Gasteiger partial charge is 0.444 e. The second kappa shape index (κ2) is 8.59. The van der Waals surface area contributed by atoms with Gasteiger partial charge in [-0.1, -0.05) is 54.2 Å². The average molecular weight is 399 g/mol. The Labute approximate surface area is 168 Å². The summed E-state index contributed by atoms with van der Waals surface area (Å²) >= 11 is 3.24. The molecule has 3 rings (SSSR count). The van der Waals surface area contributed by atoms with E-state index < -0.39 is 11.7 Å². The summed E-state index contributed by atoms with van der Waals surface area (Å²) in [5.74, 6) is 0. The number of ether oxygens (including phenoxy) is 1. The molecule has 1 N–H and O–H groups in total. The van der Waals surface area contributed by atoms with E-state index >= 15 is 0 Å². The number of nitrogens with one attached hydrogen (secondary N) is 1. The van der Waals surface area contributed by atoms with Crippen molar-refractivity contribution >= 4 is 29.2 Å². The summed E-state index contributed by atoms with van der Waals surface area (Å²) in [7, 11) is 0. The lowest BCUT2D eigenvalue weighted by Gasteiger charge is -2.19. The second-order valence-electron chi connectivity index (χ2n) is 6.92. The van der Waals surface area contributed by atoms with E-state index in [1.807, 2.05) is 45.2 Å². The maximum absolute atomic E-state index is 11.7. The zero-order valence-corrected chi connectivity index (χ0v) is 17.2. The van der Waals surface area contributed by atoms with Crippen molar-refractivity contribution in [2.24, 2.45) is 0 Å². The Balaban J connectivity index is 1.60. The van der Waals surface area contributed by atoms with Crippen molar-refractivity contribution in [3.63, 3.8) is 0 Å². The highest BCUT2D eigenvalue weighted by Gasteiger charge is 2.16. The van der Waals surface area contributed by atoms with E-state index in [0.717, 1.165) is 14.1 Å². The third-order valence-electron chi connectivity index (χ3n) is 3.47. The average Bonchev–Trinajstić information content (AvgIpc) is 3.07. The first-order valence-corrected chi connectivity index (χ1v) is 10.3. The molecule has 0 unspecified atom stereocenters. The van der Waals surface area contributed by atoms with Gasteiger partial charge in [-0.15, -0.1) is 11.3 Å². The lowest BCUT2D eigenvalue weighted by Crippen LogP contribution is -2.32. The maximum Gasteiger partial charge on any atom is 0.408 e. The lowest BCUT2D eigenvalue weighted by atomic mass is 10.1. The molecule has 2 aromatic carbocycles. The van der Waals surface area contributed by atoms with Crippen LogP contribution < -0.4 is 5.32 Å². The van der Waals surface area contributed by atoms with Crippen LogP contribution in [0.15, 0.2) is 69.9 Å². The Hall–Kier alpha value is -2.31. The summed E-state index contributed by atoms with van der Waals surface area (Å²) in [6, 6.07) is 18.8. The van der Waals surface area contributed by atoms with E-state index in [4.69, 9.17) is 4.74 Å². The Morgan fingerprint density at radius 2 is 1.85 bits per heavy atom. The summed E-state index contributed by atoms with van der Waals surface area (Å²) in [5, 5.41) is 3.59. The summed E-state index contributed by atoms with van der Waals surface area (Å²) in [5.41, 5.74) is 1.89. The molecular formula is C21H22N2O2S2. The van der Waals surface area contributed by atoms with Gasteiger partial charge in [0.2, 0.25) is 0 Å². The zero-order chi connectivity index (χ0) is 19.3. The van der Waals surface area contributed by atoms with Gasteiger partial charge in [-0.2, -0.15) is 0 Å². The number of hydrogen-bond acceptors (Lipinski definition) is 5. The van der Waals surface area contributed by atoms with Crippen LogP contribution in [0.5, 0.6) is 0 Å². The van der Waals surface area contributed by atoms with Crippen molar-refractivity contribution in [1.29, 1.82) is 0 Å². The molecule has 1 amide bonds. The first-order valence-electron chi connectivity index (χ1n) is 8.64. The van der Waals surface area contributed by atoms with E-state index in [1.165, 1.54) is 11.1 Å². The SMILES string of the molecule is CC(C)(C)OC(=O)NCc1ncc(Sc2cccc(-c3ccccc3)c2)s1. The number of benzene rings is 2. The minimum atomic E-state index is -0.502. The summed E-state index contributed by atoms with van der Waals surface area (Å²) < 4.78 is 6.32. The minimum absolute atomic E-state index is 0.365. The Morgan fingerprint density at radius 1 is 1.11 bits per heavy atom. The predicted octanol–water partition coefficient (Wildman–Crippen LogP) is 5.99. The molecule has 0 aliphatic rings. The fraction of sp³-hybridized carbons (Fsp3) is 0.238. The Bertz CT molecular complexity index is 902. The molecule has 1 aromatic heterocycles. The van der Waals surface area contributed by atoms with Gasteiger partial charge in [-0.3, -0.25) is 0 Å². The van der Waals surface area contributed by atoms with Crippen LogP contribution in [0.2, 0.25) is 0 Å². The molecule has 0 spiro atoms. The quantitative estimate of drug-likeness (QED) is 0.574. The lowest BCUT2D eigenvalue weighted by molar-refractivity contribution is 0.0523. The third kappa shape index (κ3) is 6.12. The number of rotatable bonds is 5. The van der Waals surface area contributed by atoms with Crippen LogP contribution in [0.1, 0.15) is 25.8 Å². The van der Waals surface area contributed by atoms with Crippen LogP contribution in [-0.4, -0.2) is 16.7 Å². The predicted molar refractivity (Wildman–Crippen MR) is 111 cm³/mol. The molecule has 140 valence electrons. The van der Waals surface area contributed by atoms with Crippen molar-refractivity contribution in [3.8, 4) is 11.1 Å². The number of hydrogen-bond donors (Lipinski definition) is 1. The van der Waals surface area contributed by atoms with Crippen LogP contribution in [-0.2, 0) is 11.3 Å². The highest BCUT2D eigenvalue weighted by atomic mass is 32.2. The van der Waals surface area contributed by atoms with Crippen molar-refractivity contribution < 1.29 is 9.53 Å². The molecule has 1 heterocycles. The standard InChI is InChI=1S/C21H22N2O2S2/c1-21(2,3)25-20(24)23-13-18-22-14-19(27-18)26-17-11-7-10-16(12-17)15-8-5-4-6-9-15/h4-12,14H,13H2,1-3H3,(H,23,24). The second-order valence-corrected chi connectivity index (χ2v) is 9.41. The summed E-state index contributed by atoms with van der Waals surface area (Å²) in [4.78, 5) is 17.3. The monoisotopic (exact) mass is 398 g/mol. The molecule has 0 radical (unpaired) electrons. The van der Waals surface area contributed by atoms with Gasteiger partial charge in [-0.05, 0) is 44.0 Å². The highest BCUT2D eigenvalue weighted by Crippen LogP contribution is 2.34. The molecule has 4 nitrogen and oxygen atoms in total. The van der Waals surface area contributed by atoms with Gasteiger partial charge in [0.25, 0.3) is 0 Å². The molecule has 27 heavy (non-hydrogen) atoms. The van der Waals surface area contributed by atoms with Gasteiger partial charge in [0, 0.05) is 4.90 Å². The van der Waals surface area contributed by atoms with E-state index in [1.54, 1.807) is 23.1 Å². The van der Waals surface area contributed by atoms with Gasteiger partial charge in [0.15, 0.2) is 0 Å². The fourth-order valence-corrected chi connectivity index (χ4v) is 4.37. The smallest absolute Gasteiger partial charge is 0.408 e. The van der Waals surface area contributed by atoms with Gasteiger partial charge in [0.1, 0.15) is 10.6 Å².